The third-order valence-electron chi connectivity index (χ3n) is 8.60. The number of carboxylic acids is 2. The molecule has 60 heavy (non-hydrogen) atoms. The zero-order chi connectivity index (χ0) is 44.6. The Labute approximate surface area is 349 Å². The lowest BCUT2D eigenvalue weighted by Crippen LogP contribution is -2.68. The smallest absolute Gasteiger partial charge is 0.431 e. The number of nitrogens with zero attached hydrogens (tertiary/aromatic N) is 1. The van der Waals surface area contributed by atoms with Gasteiger partial charge in [-0.15, -0.1) is 0 Å². The van der Waals surface area contributed by atoms with Crippen molar-refractivity contribution in [1.82, 2.24) is 26.2 Å². The summed E-state index contributed by atoms with van der Waals surface area (Å²) in [6.07, 6.45) is 0.587. The van der Waals surface area contributed by atoms with E-state index in [1.54, 1.807) is 81.6 Å². The zero-order valence-corrected chi connectivity index (χ0v) is 34.4. The number of hydrogen-bond acceptors (Lipinski definition) is 14. The van der Waals surface area contributed by atoms with Crippen molar-refractivity contribution in [3.8, 4) is 0 Å². The summed E-state index contributed by atoms with van der Waals surface area (Å²) in [5.74, 6) is -7.61. The summed E-state index contributed by atoms with van der Waals surface area (Å²) in [5, 5.41) is 24.1. The molecule has 1 heterocycles. The fraction of sp³-hybridized carbons (Fsp3) is 0.436. The Morgan fingerprint density at radius 2 is 1.50 bits per heavy atom. The summed E-state index contributed by atoms with van der Waals surface area (Å²) in [4.78, 5) is 113. The zero-order valence-electron chi connectivity index (χ0n) is 33.6. The van der Waals surface area contributed by atoms with Crippen molar-refractivity contribution in [2.24, 2.45) is 11.5 Å². The second-order valence-electron chi connectivity index (χ2n) is 14.6. The standard InChI is InChI=1S/C39H51N7O13S/c1-38(2,3)59-37(56)45-57-16-14-30(47)46-21-24(25-12-8-9-13-29(25)46)19-26(40)34(53)42-27(15-17-60-4)33(52)39(41,20-31(48)49)36(55)43-28(18-23-10-6-5-7-11-23)35(54)44-58-22-32(50)51/h5-13,21,26-28H,14-20,22,40-41H2,1-4H3,(H,42,53)(H,43,55)(H,44,54)(H,45,56)(H,48,49)(H,50,51)/t26-,27-,28-,39+/m0/s1. The maximum atomic E-state index is 14.2. The van der Waals surface area contributed by atoms with Crippen molar-refractivity contribution < 1.29 is 63.0 Å². The molecule has 2 aromatic carbocycles. The molecule has 0 radical (unpaired) electrons. The molecule has 21 heteroatoms. The molecule has 3 rings (SSSR count). The molecule has 0 unspecified atom stereocenters. The number of aromatic nitrogens is 1. The van der Waals surface area contributed by atoms with E-state index in [4.69, 9.17) is 26.1 Å². The lowest BCUT2D eigenvalue weighted by atomic mass is 9.84. The Morgan fingerprint density at radius 3 is 2.13 bits per heavy atom. The number of aliphatic carboxylic acids is 2. The van der Waals surface area contributed by atoms with E-state index in [1.807, 2.05) is 5.48 Å². The van der Waals surface area contributed by atoms with Gasteiger partial charge in [-0.1, -0.05) is 48.5 Å². The number of Topliss-reactive ketones (excluding diaryl/α,β-unsaturated/α-hetero) is 1. The van der Waals surface area contributed by atoms with E-state index in [9.17, 15) is 43.5 Å². The number of carbonyl (C=O) groups is 8. The molecular formula is C39H51N7O13S. The topological polar surface area (TPSA) is 310 Å². The van der Waals surface area contributed by atoms with Crippen LogP contribution in [0.5, 0.6) is 0 Å². The molecule has 0 bridgehead atoms. The van der Waals surface area contributed by atoms with Gasteiger partial charge < -0.3 is 37.1 Å². The van der Waals surface area contributed by atoms with Crippen LogP contribution in [0.4, 0.5) is 4.79 Å². The summed E-state index contributed by atoms with van der Waals surface area (Å²) in [5.41, 5.74) is 14.7. The maximum Gasteiger partial charge on any atom is 0.431 e. The van der Waals surface area contributed by atoms with Crippen LogP contribution >= 0.6 is 11.8 Å². The molecule has 0 spiro atoms. The van der Waals surface area contributed by atoms with Crippen molar-refractivity contribution in [3.63, 3.8) is 0 Å². The van der Waals surface area contributed by atoms with Gasteiger partial charge in [0.2, 0.25) is 17.7 Å². The summed E-state index contributed by atoms with van der Waals surface area (Å²) in [7, 11) is 0. The van der Waals surface area contributed by atoms with Gasteiger partial charge in [-0.2, -0.15) is 17.2 Å². The molecule has 0 aliphatic rings. The van der Waals surface area contributed by atoms with Crippen molar-refractivity contribution >= 4 is 70.1 Å². The van der Waals surface area contributed by atoms with E-state index < -0.39 is 89.7 Å². The lowest BCUT2D eigenvalue weighted by Gasteiger charge is -2.31. The number of carboxylic acid groups (broad SMARTS) is 2. The van der Waals surface area contributed by atoms with Crippen LogP contribution in [-0.4, -0.2) is 117 Å². The van der Waals surface area contributed by atoms with E-state index in [1.165, 1.54) is 22.5 Å². The molecule has 326 valence electrons. The first-order valence-electron chi connectivity index (χ1n) is 18.6. The number of amides is 4. The summed E-state index contributed by atoms with van der Waals surface area (Å²) >= 11 is 1.29. The van der Waals surface area contributed by atoms with E-state index >= 15 is 0 Å². The third-order valence-corrected chi connectivity index (χ3v) is 9.25. The quantitative estimate of drug-likeness (QED) is 0.0372. The van der Waals surface area contributed by atoms with Crippen LogP contribution in [0.1, 0.15) is 56.0 Å². The van der Waals surface area contributed by atoms with E-state index in [-0.39, 0.29) is 38.0 Å². The Kier molecular flexibility index (Phi) is 18.2. The third kappa shape index (κ3) is 14.7. The summed E-state index contributed by atoms with van der Waals surface area (Å²) in [6, 6.07) is 10.7. The Bertz CT molecular complexity index is 2020. The molecule has 4 amide bonds. The fourth-order valence-corrected chi connectivity index (χ4v) is 6.29. The van der Waals surface area contributed by atoms with Crippen molar-refractivity contribution in [1.29, 1.82) is 0 Å². The fourth-order valence-electron chi connectivity index (χ4n) is 5.81. The molecule has 0 saturated heterocycles. The van der Waals surface area contributed by atoms with E-state index in [0.29, 0.717) is 22.0 Å². The molecule has 0 aliphatic heterocycles. The first-order chi connectivity index (χ1) is 28.2. The summed E-state index contributed by atoms with van der Waals surface area (Å²) < 4.78 is 6.45. The van der Waals surface area contributed by atoms with Crippen molar-refractivity contribution in [3.05, 3.63) is 71.9 Å². The van der Waals surface area contributed by atoms with Gasteiger partial charge in [-0.05, 0) is 62.8 Å². The highest BCUT2D eigenvalue weighted by atomic mass is 32.2. The molecule has 20 nitrogen and oxygen atoms in total. The second kappa shape index (κ2) is 22.5. The Morgan fingerprint density at radius 1 is 0.833 bits per heavy atom. The first kappa shape index (κ1) is 48.5. The predicted octanol–water partition coefficient (Wildman–Crippen LogP) is 0.837. The highest BCUT2D eigenvalue weighted by Crippen LogP contribution is 2.23. The summed E-state index contributed by atoms with van der Waals surface area (Å²) in [6.45, 7) is 3.94. The molecule has 0 aliphatic carbocycles. The number of fused-ring (bicyclic) bond motifs is 1. The average molecular weight is 858 g/mol. The van der Waals surface area contributed by atoms with Gasteiger partial charge >= 0.3 is 18.0 Å². The molecule has 0 saturated carbocycles. The minimum Gasteiger partial charge on any atom is -0.481 e. The van der Waals surface area contributed by atoms with Crippen LogP contribution in [0, 0.1) is 0 Å². The number of rotatable bonds is 23. The maximum absolute atomic E-state index is 14.2. The highest BCUT2D eigenvalue weighted by molar-refractivity contribution is 7.98. The lowest BCUT2D eigenvalue weighted by molar-refractivity contribution is -0.152. The van der Waals surface area contributed by atoms with Crippen LogP contribution in [0.25, 0.3) is 10.9 Å². The normalized spacial score (nSPS) is 13.8. The number of para-hydroxylation sites is 1. The number of ether oxygens (including phenoxy) is 1. The predicted molar refractivity (Wildman–Crippen MR) is 217 cm³/mol. The molecule has 4 atom stereocenters. The number of benzene rings is 2. The van der Waals surface area contributed by atoms with Gasteiger partial charge in [-0.25, -0.2) is 15.1 Å². The Balaban J connectivity index is 1.81. The monoisotopic (exact) mass is 857 g/mol. The highest BCUT2D eigenvalue weighted by Gasteiger charge is 2.48. The van der Waals surface area contributed by atoms with Crippen LogP contribution in [-0.2, 0) is 56.0 Å². The second-order valence-corrected chi connectivity index (χ2v) is 15.5. The minimum atomic E-state index is -2.83. The molecule has 10 N–H and O–H groups in total. The van der Waals surface area contributed by atoms with E-state index in [0.717, 1.165) is 0 Å². The largest absolute Gasteiger partial charge is 0.481 e. The molecule has 3 aromatic rings. The minimum absolute atomic E-state index is 0.0973. The number of nitrogens with one attached hydrogen (secondary N) is 4. The van der Waals surface area contributed by atoms with Gasteiger partial charge in [0.15, 0.2) is 17.9 Å². The van der Waals surface area contributed by atoms with Gasteiger partial charge in [0.05, 0.1) is 37.0 Å². The molecular weight excluding hydrogens is 807 g/mol. The molecule has 1 aromatic heterocycles. The number of nitrogens with two attached hydrogens (primary N) is 2. The SMILES string of the molecule is CSCC[C@H](NC(=O)[C@@H](N)Cc1cn(C(=O)CCONC(=O)OC(C)(C)C)c2ccccc12)C(=O)[C@](N)(CC(=O)O)C(=O)N[C@@H](Cc1ccccc1)C(=O)NOCC(=O)O. The van der Waals surface area contributed by atoms with Crippen LogP contribution in [0.2, 0.25) is 0 Å². The number of thioether (sulfide) groups is 1. The molecule has 0 fully saturated rings. The first-order valence-corrected chi connectivity index (χ1v) is 20.0. The van der Waals surface area contributed by atoms with E-state index in [2.05, 4.69) is 21.0 Å². The van der Waals surface area contributed by atoms with Crippen molar-refractivity contribution in [2.75, 3.05) is 25.2 Å². The van der Waals surface area contributed by atoms with Crippen LogP contribution < -0.4 is 33.1 Å². The number of hydroxylamine groups is 2. The number of hydrogen-bond donors (Lipinski definition) is 8. The Hall–Kier alpha value is -5.87. The van der Waals surface area contributed by atoms with Gasteiger partial charge in [0, 0.05) is 18.0 Å². The van der Waals surface area contributed by atoms with Gasteiger partial charge in [0.1, 0.15) is 11.6 Å². The average Bonchev–Trinajstić information content (AvgIpc) is 3.54. The van der Waals surface area contributed by atoms with Crippen molar-refractivity contribution in [2.45, 2.75) is 82.1 Å². The van der Waals surface area contributed by atoms with Gasteiger partial charge in [0.25, 0.3) is 5.91 Å². The number of ketones is 1. The number of carbonyl (C=O) groups excluding carboxylic acids is 6. The van der Waals surface area contributed by atoms with Crippen LogP contribution in [0.3, 0.4) is 0 Å². The van der Waals surface area contributed by atoms with Gasteiger partial charge in [-0.3, -0.25) is 43.0 Å². The van der Waals surface area contributed by atoms with Crippen LogP contribution in [0.15, 0.2) is 60.8 Å².